The number of rotatable bonds is 3. The van der Waals surface area contributed by atoms with Gasteiger partial charge in [-0.2, -0.15) is 4.98 Å². The molecule has 0 radical (unpaired) electrons. The van der Waals surface area contributed by atoms with Crippen LogP contribution in [0.4, 0.5) is 16.2 Å². The molecule has 2 aliphatic heterocycles. The fourth-order valence-corrected chi connectivity index (χ4v) is 3.48. The molecule has 7 heteroatoms. The Morgan fingerprint density at radius 2 is 1.88 bits per heavy atom. The van der Waals surface area contributed by atoms with Crippen LogP contribution >= 0.6 is 0 Å². The molecule has 1 aromatic carbocycles. The van der Waals surface area contributed by atoms with Gasteiger partial charge in [-0.1, -0.05) is 12.1 Å². The van der Waals surface area contributed by atoms with Crippen LogP contribution in [0.1, 0.15) is 18.0 Å². The number of anilines is 2. The topological polar surface area (TPSA) is 61.7 Å². The summed E-state index contributed by atoms with van der Waals surface area (Å²) in [6.45, 7) is 3.39. The van der Waals surface area contributed by atoms with Gasteiger partial charge in [0.05, 0.1) is 25.4 Å². The molecule has 3 heterocycles. The molecule has 25 heavy (non-hydrogen) atoms. The second-order valence-corrected chi connectivity index (χ2v) is 6.42. The van der Waals surface area contributed by atoms with E-state index in [0.29, 0.717) is 32.1 Å². The molecule has 0 amide bonds. The molecule has 2 atom stereocenters. The van der Waals surface area contributed by atoms with E-state index in [1.54, 1.807) is 18.3 Å². The highest BCUT2D eigenvalue weighted by Crippen LogP contribution is 2.35. The molecular formula is C18H21FN4O2. The average molecular weight is 344 g/mol. The number of morpholine rings is 1. The normalized spacial score (nSPS) is 23.9. The van der Waals surface area contributed by atoms with Gasteiger partial charge in [0.25, 0.3) is 0 Å². The van der Waals surface area contributed by atoms with Gasteiger partial charge in [0.1, 0.15) is 11.6 Å². The Kier molecular flexibility index (Phi) is 4.50. The zero-order valence-electron chi connectivity index (χ0n) is 13.9. The molecule has 0 aliphatic carbocycles. The van der Waals surface area contributed by atoms with Gasteiger partial charge in [-0.3, -0.25) is 0 Å². The summed E-state index contributed by atoms with van der Waals surface area (Å²) in [5.74, 6) is 1.20. The first-order valence-corrected chi connectivity index (χ1v) is 8.56. The van der Waals surface area contributed by atoms with Crippen LogP contribution in [0, 0.1) is 5.82 Å². The van der Waals surface area contributed by atoms with Crippen molar-refractivity contribution in [3.05, 3.63) is 47.9 Å². The minimum atomic E-state index is -0.433. The van der Waals surface area contributed by atoms with Crippen molar-refractivity contribution in [2.75, 3.05) is 42.6 Å². The van der Waals surface area contributed by atoms with Gasteiger partial charge in [-0.15, -0.1) is 0 Å². The smallest absolute Gasteiger partial charge is 0.227 e. The van der Waals surface area contributed by atoms with Crippen LogP contribution in [-0.2, 0) is 4.74 Å². The molecule has 0 saturated carbocycles. The van der Waals surface area contributed by atoms with Crippen LogP contribution in [0.3, 0.4) is 0 Å². The minimum absolute atomic E-state index is 0.0250. The van der Waals surface area contributed by atoms with Crippen LogP contribution in [-0.4, -0.2) is 54.0 Å². The van der Waals surface area contributed by atoms with E-state index in [9.17, 15) is 9.50 Å². The number of ether oxygens (including phenoxy) is 1. The van der Waals surface area contributed by atoms with Crippen molar-refractivity contribution in [1.29, 1.82) is 0 Å². The molecule has 0 bridgehead atoms. The van der Waals surface area contributed by atoms with Crippen molar-refractivity contribution >= 4 is 11.8 Å². The maximum atomic E-state index is 13.2. The van der Waals surface area contributed by atoms with Gasteiger partial charge >= 0.3 is 0 Å². The Hall–Kier alpha value is -2.25. The SMILES string of the molecule is O[C@@H]1C[C@H](c2ccc(F)cc2)N(c2ccnc(N3CCOCC3)n2)C1. The van der Waals surface area contributed by atoms with Crippen molar-refractivity contribution in [2.24, 2.45) is 0 Å². The zero-order chi connectivity index (χ0) is 17.2. The van der Waals surface area contributed by atoms with Crippen LogP contribution in [0.25, 0.3) is 0 Å². The van der Waals surface area contributed by atoms with Crippen molar-refractivity contribution in [1.82, 2.24) is 9.97 Å². The summed E-state index contributed by atoms with van der Waals surface area (Å²) in [4.78, 5) is 13.3. The number of nitrogens with zero attached hydrogens (tertiary/aromatic N) is 4. The lowest BCUT2D eigenvalue weighted by Crippen LogP contribution is -2.37. The Morgan fingerprint density at radius 3 is 2.64 bits per heavy atom. The van der Waals surface area contributed by atoms with E-state index < -0.39 is 6.10 Å². The molecule has 6 nitrogen and oxygen atoms in total. The molecule has 1 aromatic heterocycles. The molecular weight excluding hydrogens is 323 g/mol. The van der Waals surface area contributed by atoms with Gasteiger partial charge in [0.2, 0.25) is 5.95 Å². The van der Waals surface area contributed by atoms with Gasteiger partial charge < -0.3 is 19.6 Å². The maximum absolute atomic E-state index is 13.2. The maximum Gasteiger partial charge on any atom is 0.227 e. The third-order valence-corrected chi connectivity index (χ3v) is 4.75. The third-order valence-electron chi connectivity index (χ3n) is 4.75. The fourth-order valence-electron chi connectivity index (χ4n) is 3.48. The van der Waals surface area contributed by atoms with Crippen molar-refractivity contribution in [3.8, 4) is 0 Å². The molecule has 4 rings (SSSR count). The summed E-state index contributed by atoms with van der Waals surface area (Å²) in [5.41, 5.74) is 0.976. The molecule has 2 aliphatic rings. The number of aliphatic hydroxyl groups is 1. The number of β-amino-alcohol motifs (C(OH)–C–C–N with tert-alkyl or cyclic N) is 1. The van der Waals surface area contributed by atoms with E-state index in [4.69, 9.17) is 9.72 Å². The van der Waals surface area contributed by atoms with E-state index in [2.05, 4.69) is 14.8 Å². The molecule has 1 N–H and O–H groups in total. The molecule has 2 fully saturated rings. The quantitative estimate of drug-likeness (QED) is 0.916. The lowest BCUT2D eigenvalue weighted by atomic mass is 10.0. The molecule has 0 spiro atoms. The largest absolute Gasteiger partial charge is 0.391 e. The Bertz CT molecular complexity index is 721. The zero-order valence-corrected chi connectivity index (χ0v) is 13.9. The van der Waals surface area contributed by atoms with Crippen LogP contribution in [0.2, 0.25) is 0 Å². The Labute approximate surface area is 145 Å². The predicted molar refractivity (Wildman–Crippen MR) is 92.2 cm³/mol. The van der Waals surface area contributed by atoms with Crippen LogP contribution in [0.15, 0.2) is 36.5 Å². The summed E-state index contributed by atoms with van der Waals surface area (Å²) in [6, 6.07) is 8.29. The molecule has 0 unspecified atom stereocenters. The van der Waals surface area contributed by atoms with E-state index in [0.717, 1.165) is 24.5 Å². The summed E-state index contributed by atoms with van der Waals surface area (Å²) in [6.07, 6.45) is 1.92. The van der Waals surface area contributed by atoms with E-state index in [1.165, 1.54) is 12.1 Å². The average Bonchev–Trinajstić information content (AvgIpc) is 3.05. The van der Waals surface area contributed by atoms with Gasteiger partial charge in [-0.05, 0) is 30.2 Å². The number of hydrogen-bond acceptors (Lipinski definition) is 6. The lowest BCUT2D eigenvalue weighted by Gasteiger charge is -2.29. The van der Waals surface area contributed by atoms with Crippen molar-refractivity contribution in [3.63, 3.8) is 0 Å². The highest BCUT2D eigenvalue weighted by Gasteiger charge is 2.33. The van der Waals surface area contributed by atoms with Gasteiger partial charge in [0, 0.05) is 25.8 Å². The first-order chi connectivity index (χ1) is 12.2. The van der Waals surface area contributed by atoms with Gasteiger partial charge in [0.15, 0.2) is 0 Å². The number of benzene rings is 1. The highest BCUT2D eigenvalue weighted by molar-refractivity contribution is 5.48. The van der Waals surface area contributed by atoms with E-state index >= 15 is 0 Å². The predicted octanol–water partition coefficient (Wildman–Crippen LogP) is 1.76. The fraction of sp³-hybridized carbons (Fsp3) is 0.444. The first-order valence-electron chi connectivity index (χ1n) is 8.56. The van der Waals surface area contributed by atoms with Gasteiger partial charge in [-0.25, -0.2) is 9.37 Å². The van der Waals surface area contributed by atoms with Crippen LogP contribution in [0.5, 0.6) is 0 Å². The minimum Gasteiger partial charge on any atom is -0.391 e. The summed E-state index contributed by atoms with van der Waals surface area (Å²) >= 11 is 0. The summed E-state index contributed by atoms with van der Waals surface area (Å²) < 4.78 is 18.6. The van der Waals surface area contributed by atoms with Crippen molar-refractivity contribution < 1.29 is 14.2 Å². The number of hydrogen-bond donors (Lipinski definition) is 1. The lowest BCUT2D eigenvalue weighted by molar-refractivity contribution is 0.122. The third kappa shape index (κ3) is 3.43. The van der Waals surface area contributed by atoms with Crippen molar-refractivity contribution in [2.45, 2.75) is 18.6 Å². The molecule has 132 valence electrons. The standard InChI is InChI=1S/C18H21FN4O2/c19-14-3-1-13(2-4-14)16-11-15(24)12-23(16)17-5-6-20-18(21-17)22-7-9-25-10-8-22/h1-6,15-16,24H,7-12H2/t15-,16-/m1/s1. The van der Waals surface area contributed by atoms with Crippen LogP contribution < -0.4 is 9.80 Å². The Morgan fingerprint density at radius 1 is 1.12 bits per heavy atom. The second kappa shape index (κ2) is 6.93. The summed E-state index contributed by atoms with van der Waals surface area (Å²) in [7, 11) is 0. The van der Waals surface area contributed by atoms with E-state index in [1.807, 2.05) is 6.07 Å². The Balaban J connectivity index is 1.61. The second-order valence-electron chi connectivity index (χ2n) is 6.42. The first kappa shape index (κ1) is 16.2. The molecule has 2 aromatic rings. The highest BCUT2D eigenvalue weighted by atomic mass is 19.1. The monoisotopic (exact) mass is 344 g/mol. The summed E-state index contributed by atoms with van der Waals surface area (Å²) in [5, 5.41) is 10.2. The molecule has 2 saturated heterocycles. The number of halogens is 1. The number of aliphatic hydroxyl groups excluding tert-OH is 1. The van der Waals surface area contributed by atoms with E-state index in [-0.39, 0.29) is 11.9 Å². The number of aromatic nitrogens is 2.